The number of piperazine rings is 1. The Labute approximate surface area is 415 Å². The zero-order valence-electron chi connectivity index (χ0n) is 40.7. The maximum atomic E-state index is 14.7. The average Bonchev–Trinajstić information content (AvgIpc) is 3.57. The highest BCUT2D eigenvalue weighted by atomic mass is 32.1. The molecule has 4 heterocycles. The van der Waals surface area contributed by atoms with Gasteiger partial charge in [-0.25, -0.2) is 9.37 Å². The number of nitrogens with one attached hydrogen (secondary N) is 2. The quantitative estimate of drug-likeness (QED) is 0.0492. The van der Waals surface area contributed by atoms with Crippen molar-refractivity contribution in [3.05, 3.63) is 89.2 Å². The van der Waals surface area contributed by atoms with E-state index in [1.165, 1.54) is 28.4 Å². The fourth-order valence-electron chi connectivity index (χ4n) is 9.43. The average molecular weight is 1010 g/mol. The number of aryl methyl sites for hydroxylation is 2. The number of amides is 3. The minimum absolute atomic E-state index is 0.0193. The number of carbonyl (C=O) groups excluding carboxylic acids is 3. The van der Waals surface area contributed by atoms with Gasteiger partial charge in [-0.15, -0.1) is 24.5 Å². The summed E-state index contributed by atoms with van der Waals surface area (Å²) in [5.41, 5.74) is 11.3. The number of likely N-dealkylation sites (tertiary alicyclic amines) is 1. The van der Waals surface area contributed by atoms with Gasteiger partial charge in [0.25, 0.3) is 5.91 Å². The van der Waals surface area contributed by atoms with Gasteiger partial charge in [-0.3, -0.25) is 19.3 Å². The van der Waals surface area contributed by atoms with Gasteiger partial charge in [0, 0.05) is 93.6 Å². The number of nitrogens with zero attached hydrogens (tertiary/aromatic N) is 5. The molecule has 5 N–H and O–H groups in total. The number of rotatable bonds is 19. The van der Waals surface area contributed by atoms with Crippen LogP contribution in [0.4, 0.5) is 17.6 Å². The highest BCUT2D eigenvalue weighted by Gasteiger charge is 2.53. The number of hydrogen-bond donors (Lipinski definition) is 4. The van der Waals surface area contributed by atoms with Crippen molar-refractivity contribution in [2.24, 2.45) is 11.1 Å². The molecule has 2 aliphatic heterocycles. The number of carbonyl (C=O) groups is 3. The molecule has 0 spiro atoms. The van der Waals surface area contributed by atoms with E-state index in [1.54, 1.807) is 38.4 Å². The number of fused-ring (bicyclic) bond motifs is 1. The first kappa shape index (κ1) is 51.7. The lowest BCUT2D eigenvalue weighted by atomic mass is 9.85. The van der Waals surface area contributed by atoms with Crippen LogP contribution in [-0.2, 0) is 34.0 Å². The van der Waals surface area contributed by atoms with Crippen LogP contribution in [0.3, 0.4) is 0 Å². The smallest absolute Gasteiger partial charge is 0.493 e. The van der Waals surface area contributed by atoms with Crippen molar-refractivity contribution in [3.8, 4) is 33.1 Å². The second-order valence-electron chi connectivity index (χ2n) is 20.1. The van der Waals surface area contributed by atoms with Gasteiger partial charge in [-0.1, -0.05) is 51.1 Å². The van der Waals surface area contributed by atoms with E-state index in [-0.39, 0.29) is 38.1 Å². The van der Waals surface area contributed by atoms with E-state index in [1.807, 2.05) is 31.3 Å². The van der Waals surface area contributed by atoms with Gasteiger partial charge >= 0.3 is 6.36 Å². The topological polar surface area (TPSA) is 168 Å². The molecule has 2 saturated heterocycles. The van der Waals surface area contributed by atoms with Crippen LogP contribution in [0.5, 0.6) is 11.5 Å². The van der Waals surface area contributed by atoms with Crippen molar-refractivity contribution in [2.45, 2.75) is 110 Å². The maximum absolute atomic E-state index is 14.7. The predicted octanol–water partition coefficient (Wildman–Crippen LogP) is 7.19. The van der Waals surface area contributed by atoms with Gasteiger partial charge in [0.15, 0.2) is 5.67 Å². The lowest BCUT2D eigenvalue weighted by molar-refractivity contribution is -0.274. The molecule has 71 heavy (non-hydrogen) atoms. The molecule has 0 radical (unpaired) electrons. The summed E-state index contributed by atoms with van der Waals surface area (Å²) in [6.45, 7) is 14.0. The molecular weight excluding hydrogens is 941 g/mol. The molecule has 3 atom stereocenters. The molecule has 1 aliphatic carbocycles. The third-order valence-corrected chi connectivity index (χ3v) is 14.5. The highest BCUT2D eigenvalue weighted by molar-refractivity contribution is 7.13. The molecule has 5 aromatic rings. The molecule has 3 aromatic carbocycles. The molecule has 8 rings (SSSR count). The number of hydrogen-bond acceptors (Lipinski definition) is 11. The fourth-order valence-corrected chi connectivity index (χ4v) is 10.2. The Balaban J connectivity index is 0.865. The van der Waals surface area contributed by atoms with E-state index in [2.05, 4.69) is 52.9 Å². The van der Waals surface area contributed by atoms with Crippen molar-refractivity contribution in [1.82, 2.24) is 34.9 Å². The summed E-state index contributed by atoms with van der Waals surface area (Å²) in [4.78, 5) is 52.1. The minimum Gasteiger partial charge on any atom is -0.493 e. The van der Waals surface area contributed by atoms with Crippen molar-refractivity contribution in [1.29, 1.82) is 0 Å². The second kappa shape index (κ2) is 21.6. The summed E-state index contributed by atoms with van der Waals surface area (Å²) in [6.07, 6.45) is -1.91. The standard InChI is InChI=1S/C52H64F4N8O6S/c1-33-45(71-32-59-33)36-8-9-37(28-58-47(66)43-27-38(65)30-64(43)48(67)46(50(2,3)4)60-49(68)51(53)15-16-51)44(26-36)69-24-6-18-61-20-22-62(23-21-61)29-34-7-14-42-40(25-34)41(31-63(42)19-5-17-57)35-10-12-39(13-11-35)70-52(54,55)56/h7-14,25-26,31-32,38,43,46,65H,5-6,15-24,27-30,57H2,1-4H3,(H,58,66)(H,60,68)/t38?,43-,46+/m0/s1. The third kappa shape index (κ3) is 12.7. The number of nitrogens with two attached hydrogens (primary N) is 1. The molecule has 3 aliphatic rings. The maximum Gasteiger partial charge on any atom is 0.573 e. The molecule has 3 fully saturated rings. The zero-order chi connectivity index (χ0) is 50.7. The summed E-state index contributed by atoms with van der Waals surface area (Å²) < 4.78 is 65.9. The van der Waals surface area contributed by atoms with E-state index in [0.29, 0.717) is 18.9 Å². The normalized spacial score (nSPS) is 18.9. The van der Waals surface area contributed by atoms with Crippen LogP contribution in [0.1, 0.15) is 69.7 Å². The van der Waals surface area contributed by atoms with Crippen molar-refractivity contribution >= 4 is 40.0 Å². The van der Waals surface area contributed by atoms with Crippen LogP contribution >= 0.6 is 11.3 Å². The van der Waals surface area contributed by atoms with Gasteiger partial charge in [0.1, 0.15) is 23.6 Å². The molecule has 1 unspecified atom stereocenters. The summed E-state index contributed by atoms with van der Waals surface area (Å²) in [5.74, 6) is -1.50. The molecule has 382 valence electrons. The van der Waals surface area contributed by atoms with Crippen molar-refractivity contribution in [2.75, 3.05) is 52.4 Å². The van der Waals surface area contributed by atoms with Crippen LogP contribution in [0.15, 0.2) is 72.4 Å². The summed E-state index contributed by atoms with van der Waals surface area (Å²) >= 11 is 1.53. The van der Waals surface area contributed by atoms with E-state index >= 15 is 0 Å². The van der Waals surface area contributed by atoms with Gasteiger partial charge < -0.3 is 45.3 Å². The van der Waals surface area contributed by atoms with Crippen LogP contribution < -0.4 is 25.8 Å². The number of aliphatic hydroxyl groups excluding tert-OH is 1. The Kier molecular flexibility index (Phi) is 15.8. The monoisotopic (exact) mass is 1000 g/mol. The fraction of sp³-hybridized carbons (Fsp3) is 0.500. The van der Waals surface area contributed by atoms with Crippen LogP contribution in [-0.4, -0.2) is 130 Å². The summed E-state index contributed by atoms with van der Waals surface area (Å²) in [7, 11) is 0. The first-order valence-corrected chi connectivity index (χ1v) is 25.2. The predicted molar refractivity (Wildman–Crippen MR) is 264 cm³/mol. The van der Waals surface area contributed by atoms with Crippen LogP contribution in [0, 0.1) is 12.3 Å². The van der Waals surface area contributed by atoms with E-state index < -0.39 is 53.4 Å². The second-order valence-corrected chi connectivity index (χ2v) is 20.9. The van der Waals surface area contributed by atoms with Crippen LogP contribution in [0.2, 0.25) is 0 Å². The third-order valence-electron chi connectivity index (χ3n) is 13.6. The lowest BCUT2D eigenvalue weighted by Crippen LogP contribution is -2.59. The first-order chi connectivity index (χ1) is 33.8. The Hall–Kier alpha value is -5.60. The summed E-state index contributed by atoms with van der Waals surface area (Å²) in [5, 5.41) is 17.3. The highest BCUT2D eigenvalue weighted by Crippen LogP contribution is 2.41. The number of alkyl halides is 4. The first-order valence-electron chi connectivity index (χ1n) is 24.3. The van der Waals surface area contributed by atoms with Crippen molar-refractivity contribution < 1.29 is 46.5 Å². The van der Waals surface area contributed by atoms with E-state index in [4.69, 9.17) is 10.5 Å². The molecular formula is C52H64F4N8O6S. The van der Waals surface area contributed by atoms with Gasteiger partial charge in [-0.05, 0) is 91.6 Å². The number of thiazole rings is 1. The SMILES string of the molecule is Cc1ncsc1-c1ccc(CNC(=O)[C@@H]2CC(O)CN2C(=O)[C@@H](NC(=O)C2(F)CC2)C(C)(C)C)c(OCCCN2CCN(Cc3ccc4c(c3)c(-c3ccc(OC(F)(F)F)cc3)cn4CCCN)CC2)c1. The number of β-amino-alcohol motifs (C(OH)–C–C–N with tert-alkyl or cyclic N) is 1. The van der Waals surface area contributed by atoms with Gasteiger partial charge in [-0.2, -0.15) is 0 Å². The Bertz CT molecular complexity index is 2670. The molecule has 3 amide bonds. The number of aromatic nitrogens is 2. The number of ether oxygens (including phenoxy) is 2. The van der Waals surface area contributed by atoms with Crippen molar-refractivity contribution in [3.63, 3.8) is 0 Å². The number of benzene rings is 3. The van der Waals surface area contributed by atoms with E-state index in [0.717, 1.165) is 108 Å². The van der Waals surface area contributed by atoms with E-state index in [9.17, 15) is 37.1 Å². The Morgan fingerprint density at radius 2 is 1.68 bits per heavy atom. The Morgan fingerprint density at radius 1 is 0.958 bits per heavy atom. The Morgan fingerprint density at radius 3 is 2.34 bits per heavy atom. The molecule has 1 saturated carbocycles. The molecule has 0 bridgehead atoms. The van der Waals surface area contributed by atoms with Crippen LogP contribution in [0.25, 0.3) is 32.5 Å². The minimum atomic E-state index is -4.76. The number of halogens is 4. The molecule has 19 heteroatoms. The number of aliphatic hydroxyl groups is 1. The van der Waals surface area contributed by atoms with Gasteiger partial charge in [0.05, 0.1) is 28.8 Å². The van der Waals surface area contributed by atoms with Gasteiger partial charge in [0.2, 0.25) is 11.8 Å². The lowest BCUT2D eigenvalue weighted by Gasteiger charge is -2.35. The molecule has 14 nitrogen and oxygen atoms in total. The zero-order valence-corrected chi connectivity index (χ0v) is 41.5. The summed E-state index contributed by atoms with van der Waals surface area (Å²) in [6, 6.07) is 16.1. The largest absolute Gasteiger partial charge is 0.573 e. The molecule has 2 aromatic heterocycles.